The van der Waals surface area contributed by atoms with Crippen LogP contribution >= 0.6 is 0 Å². The van der Waals surface area contributed by atoms with Crippen molar-refractivity contribution in [3.05, 3.63) is 29.8 Å². The molecule has 1 saturated heterocycles. The van der Waals surface area contributed by atoms with Crippen molar-refractivity contribution in [3.63, 3.8) is 0 Å². The molecule has 4 heteroatoms. The Morgan fingerprint density at radius 1 is 1.42 bits per heavy atom. The average molecular weight is 262 g/mol. The first kappa shape index (κ1) is 13.9. The Balaban J connectivity index is 2.20. The van der Waals surface area contributed by atoms with E-state index in [1.54, 1.807) is 0 Å². The first-order chi connectivity index (χ1) is 9.16. The number of anilines is 1. The van der Waals surface area contributed by atoms with E-state index >= 15 is 0 Å². The van der Waals surface area contributed by atoms with Crippen LogP contribution in [0.2, 0.25) is 0 Å². The number of nitrogens with one attached hydrogen (secondary N) is 2. The maximum atomic E-state index is 12.3. The molecule has 0 radical (unpaired) electrons. The van der Waals surface area contributed by atoms with Gasteiger partial charge in [-0.25, -0.2) is 4.79 Å². The van der Waals surface area contributed by atoms with Crippen molar-refractivity contribution in [2.75, 3.05) is 25.0 Å². The number of carbonyl (C=O) groups is 1. The number of rotatable bonds is 4. The molecule has 0 bridgehead atoms. The Hall–Kier alpha value is -1.55. The Morgan fingerprint density at radius 3 is 2.79 bits per heavy atom. The molecule has 1 heterocycles. The second kappa shape index (κ2) is 6.06. The van der Waals surface area contributed by atoms with Gasteiger partial charge >= 0.3 is 5.97 Å². The van der Waals surface area contributed by atoms with E-state index in [-0.39, 0.29) is 5.97 Å². The molecular weight excluding hydrogens is 240 g/mol. The Labute approximate surface area is 114 Å². The minimum Gasteiger partial charge on any atom is -0.464 e. The largest absolute Gasteiger partial charge is 0.464 e. The molecule has 0 unspecified atom stereocenters. The summed E-state index contributed by atoms with van der Waals surface area (Å²) < 4.78 is 5.26. The number of carbonyl (C=O) groups excluding carboxylic acids is 1. The van der Waals surface area contributed by atoms with E-state index in [4.69, 9.17) is 4.74 Å². The topological polar surface area (TPSA) is 50.4 Å². The van der Waals surface area contributed by atoms with Crippen LogP contribution in [0.4, 0.5) is 5.69 Å². The lowest BCUT2D eigenvalue weighted by atomic mass is 9.88. The van der Waals surface area contributed by atoms with Gasteiger partial charge in [0.05, 0.1) is 6.61 Å². The summed E-state index contributed by atoms with van der Waals surface area (Å²) in [4.78, 5) is 12.3. The number of aryl methyl sites for hydroxylation is 1. The summed E-state index contributed by atoms with van der Waals surface area (Å²) in [7, 11) is 0. The van der Waals surface area contributed by atoms with Crippen LogP contribution in [0.5, 0.6) is 0 Å². The smallest absolute Gasteiger partial charge is 0.331 e. The van der Waals surface area contributed by atoms with Crippen LogP contribution in [0.15, 0.2) is 24.3 Å². The molecule has 1 fully saturated rings. The fraction of sp³-hybridized carbons (Fsp3) is 0.533. The third-order valence-corrected chi connectivity index (χ3v) is 3.52. The molecule has 2 N–H and O–H groups in total. The molecule has 0 aromatic heterocycles. The summed E-state index contributed by atoms with van der Waals surface area (Å²) in [6, 6.07) is 8.10. The molecule has 0 atom stereocenters. The van der Waals surface area contributed by atoms with E-state index in [1.807, 2.05) is 32.0 Å². The summed E-state index contributed by atoms with van der Waals surface area (Å²) in [5.41, 5.74) is 1.57. The molecule has 1 aromatic rings. The molecule has 0 aliphatic carbocycles. The SMILES string of the molecule is CCOC(=O)C1(Nc2cccc(C)c2)CCNCC1. The van der Waals surface area contributed by atoms with Crippen LogP contribution in [-0.2, 0) is 9.53 Å². The Kier molecular flexibility index (Phi) is 4.43. The van der Waals surface area contributed by atoms with Gasteiger partial charge in [-0.15, -0.1) is 0 Å². The van der Waals surface area contributed by atoms with Gasteiger partial charge in [0.25, 0.3) is 0 Å². The van der Waals surface area contributed by atoms with Gasteiger partial charge in [0, 0.05) is 5.69 Å². The lowest BCUT2D eigenvalue weighted by molar-refractivity contribution is -0.149. The maximum Gasteiger partial charge on any atom is 0.331 e. The molecule has 0 saturated carbocycles. The highest BCUT2D eigenvalue weighted by atomic mass is 16.5. The monoisotopic (exact) mass is 262 g/mol. The van der Waals surface area contributed by atoms with Crippen molar-refractivity contribution in [1.82, 2.24) is 5.32 Å². The predicted octanol–water partition coefficient (Wildman–Crippen LogP) is 2.09. The number of ether oxygens (including phenoxy) is 1. The van der Waals surface area contributed by atoms with Crippen molar-refractivity contribution in [2.45, 2.75) is 32.2 Å². The number of piperidine rings is 1. The molecule has 19 heavy (non-hydrogen) atoms. The second-order valence-corrected chi connectivity index (χ2v) is 5.05. The second-order valence-electron chi connectivity index (χ2n) is 5.05. The fourth-order valence-electron chi connectivity index (χ4n) is 2.50. The zero-order valence-electron chi connectivity index (χ0n) is 11.7. The van der Waals surface area contributed by atoms with Crippen LogP contribution in [0.25, 0.3) is 0 Å². The molecular formula is C15H22N2O2. The molecule has 4 nitrogen and oxygen atoms in total. The summed E-state index contributed by atoms with van der Waals surface area (Å²) in [6.45, 7) is 5.97. The fourth-order valence-corrected chi connectivity index (χ4v) is 2.50. The molecule has 1 aliphatic rings. The average Bonchev–Trinajstić information content (AvgIpc) is 2.40. The summed E-state index contributed by atoms with van der Waals surface area (Å²) >= 11 is 0. The van der Waals surface area contributed by atoms with Crippen molar-refractivity contribution in [1.29, 1.82) is 0 Å². The molecule has 1 aliphatic heterocycles. The van der Waals surface area contributed by atoms with Gasteiger partial charge in [0.15, 0.2) is 0 Å². The van der Waals surface area contributed by atoms with Crippen LogP contribution in [0.1, 0.15) is 25.3 Å². The quantitative estimate of drug-likeness (QED) is 0.816. The number of benzene rings is 1. The normalized spacial score (nSPS) is 17.8. The minimum absolute atomic E-state index is 0.141. The predicted molar refractivity (Wildman–Crippen MR) is 76.3 cm³/mol. The summed E-state index contributed by atoms with van der Waals surface area (Å²) in [5.74, 6) is -0.141. The van der Waals surface area contributed by atoms with Crippen LogP contribution in [-0.4, -0.2) is 31.2 Å². The van der Waals surface area contributed by atoms with Gasteiger partial charge in [0.2, 0.25) is 0 Å². The van der Waals surface area contributed by atoms with Crippen LogP contribution in [0.3, 0.4) is 0 Å². The van der Waals surface area contributed by atoms with Gasteiger partial charge in [-0.3, -0.25) is 0 Å². The number of esters is 1. The van der Waals surface area contributed by atoms with Gasteiger partial charge in [-0.05, 0) is 57.5 Å². The van der Waals surface area contributed by atoms with Gasteiger partial charge in [-0.1, -0.05) is 12.1 Å². The van der Waals surface area contributed by atoms with E-state index in [2.05, 4.69) is 16.7 Å². The Bertz CT molecular complexity index is 440. The standard InChI is InChI=1S/C15H22N2O2/c1-3-19-14(18)15(7-9-16-10-8-15)17-13-6-4-5-12(2)11-13/h4-6,11,16-17H,3,7-10H2,1-2H3. The molecule has 104 valence electrons. The highest BCUT2D eigenvalue weighted by Gasteiger charge is 2.40. The molecule has 1 aromatic carbocycles. The number of hydrogen-bond acceptors (Lipinski definition) is 4. The van der Waals surface area contributed by atoms with E-state index < -0.39 is 5.54 Å². The van der Waals surface area contributed by atoms with Crippen molar-refractivity contribution in [3.8, 4) is 0 Å². The van der Waals surface area contributed by atoms with E-state index in [9.17, 15) is 4.79 Å². The lowest BCUT2D eigenvalue weighted by Crippen LogP contribution is -2.54. The number of hydrogen-bond donors (Lipinski definition) is 2. The first-order valence-electron chi connectivity index (χ1n) is 6.89. The van der Waals surface area contributed by atoms with Crippen LogP contribution in [0, 0.1) is 6.92 Å². The van der Waals surface area contributed by atoms with Gasteiger partial charge in [0.1, 0.15) is 5.54 Å². The zero-order valence-corrected chi connectivity index (χ0v) is 11.7. The molecule has 0 spiro atoms. The maximum absolute atomic E-state index is 12.3. The molecule has 2 rings (SSSR count). The van der Waals surface area contributed by atoms with Gasteiger partial charge in [-0.2, -0.15) is 0 Å². The minimum atomic E-state index is -0.588. The van der Waals surface area contributed by atoms with Crippen molar-refractivity contribution < 1.29 is 9.53 Å². The van der Waals surface area contributed by atoms with Crippen LogP contribution < -0.4 is 10.6 Å². The van der Waals surface area contributed by atoms with Crippen molar-refractivity contribution >= 4 is 11.7 Å². The van der Waals surface area contributed by atoms with E-state index in [0.717, 1.165) is 31.6 Å². The molecule has 0 amide bonds. The van der Waals surface area contributed by atoms with Gasteiger partial charge < -0.3 is 15.4 Å². The third-order valence-electron chi connectivity index (χ3n) is 3.52. The zero-order chi connectivity index (χ0) is 13.7. The highest BCUT2D eigenvalue weighted by Crippen LogP contribution is 2.26. The summed E-state index contributed by atoms with van der Waals surface area (Å²) in [6.07, 6.45) is 1.50. The van der Waals surface area contributed by atoms with Crippen molar-refractivity contribution in [2.24, 2.45) is 0 Å². The summed E-state index contributed by atoms with van der Waals surface area (Å²) in [5, 5.41) is 6.69. The third kappa shape index (κ3) is 3.26. The Morgan fingerprint density at radius 2 is 2.16 bits per heavy atom. The van der Waals surface area contributed by atoms with E-state index in [0.29, 0.717) is 6.61 Å². The lowest BCUT2D eigenvalue weighted by Gasteiger charge is -2.36. The first-order valence-corrected chi connectivity index (χ1v) is 6.89. The van der Waals surface area contributed by atoms with E-state index in [1.165, 1.54) is 5.56 Å². The highest BCUT2D eigenvalue weighted by molar-refractivity contribution is 5.85.